The SMILES string of the molecule is CS(=O)(=O)OC1(C(N)N)CCC1. The van der Waals surface area contributed by atoms with Gasteiger partial charge in [0.25, 0.3) is 10.1 Å². The molecule has 0 aromatic rings. The molecule has 0 heterocycles. The second kappa shape index (κ2) is 2.95. The summed E-state index contributed by atoms with van der Waals surface area (Å²) in [5, 5.41) is 0. The number of nitrogens with two attached hydrogens (primary N) is 2. The Morgan fingerprint density at radius 2 is 1.92 bits per heavy atom. The zero-order chi connectivity index (χ0) is 9.41. The highest BCUT2D eigenvalue weighted by Crippen LogP contribution is 2.37. The number of hydrogen-bond donors (Lipinski definition) is 2. The van der Waals surface area contributed by atoms with Gasteiger partial charge < -0.3 is 11.5 Å². The summed E-state index contributed by atoms with van der Waals surface area (Å²) < 4.78 is 26.5. The minimum absolute atomic E-state index is 0.623. The lowest BCUT2D eigenvalue weighted by molar-refractivity contribution is -0.0218. The highest BCUT2D eigenvalue weighted by atomic mass is 32.2. The van der Waals surface area contributed by atoms with Crippen molar-refractivity contribution < 1.29 is 12.6 Å². The van der Waals surface area contributed by atoms with Crippen LogP contribution in [-0.2, 0) is 14.3 Å². The molecule has 6 heteroatoms. The van der Waals surface area contributed by atoms with Crippen molar-refractivity contribution in [3.8, 4) is 0 Å². The zero-order valence-electron chi connectivity index (χ0n) is 6.99. The van der Waals surface area contributed by atoms with Crippen LogP contribution in [0.1, 0.15) is 19.3 Å². The Morgan fingerprint density at radius 3 is 2.00 bits per heavy atom. The molecule has 0 saturated heterocycles. The largest absolute Gasteiger partial charge is 0.314 e. The van der Waals surface area contributed by atoms with E-state index in [0.717, 1.165) is 12.7 Å². The zero-order valence-corrected chi connectivity index (χ0v) is 7.80. The molecule has 0 spiro atoms. The summed E-state index contributed by atoms with van der Waals surface area (Å²) >= 11 is 0. The second-order valence-electron chi connectivity index (χ2n) is 3.23. The fraction of sp³-hybridized carbons (Fsp3) is 1.00. The third-order valence-electron chi connectivity index (χ3n) is 2.12. The fourth-order valence-electron chi connectivity index (χ4n) is 1.30. The maximum atomic E-state index is 10.8. The summed E-state index contributed by atoms with van der Waals surface area (Å²) in [4.78, 5) is 0. The summed E-state index contributed by atoms with van der Waals surface area (Å²) in [6.07, 6.45) is 2.45. The van der Waals surface area contributed by atoms with Crippen LogP contribution in [0, 0.1) is 0 Å². The van der Waals surface area contributed by atoms with Gasteiger partial charge in [-0.1, -0.05) is 0 Å². The standard InChI is InChI=1S/C6H14N2O3S/c1-12(9,10)11-6(5(7)8)3-2-4-6/h5H,2-4,7-8H2,1H3. The van der Waals surface area contributed by atoms with E-state index in [2.05, 4.69) is 0 Å². The van der Waals surface area contributed by atoms with Crippen LogP contribution in [0.2, 0.25) is 0 Å². The Kier molecular flexibility index (Phi) is 2.44. The van der Waals surface area contributed by atoms with E-state index in [-0.39, 0.29) is 0 Å². The van der Waals surface area contributed by atoms with Gasteiger partial charge in [-0.05, 0) is 19.3 Å². The molecule has 0 amide bonds. The predicted molar refractivity (Wildman–Crippen MR) is 44.7 cm³/mol. The van der Waals surface area contributed by atoms with Crippen LogP contribution in [-0.4, -0.2) is 26.4 Å². The van der Waals surface area contributed by atoms with E-state index in [1.807, 2.05) is 0 Å². The minimum Gasteiger partial charge on any atom is -0.314 e. The molecule has 1 saturated carbocycles. The lowest BCUT2D eigenvalue weighted by atomic mass is 9.78. The molecular formula is C6H14N2O3S. The van der Waals surface area contributed by atoms with E-state index in [1.54, 1.807) is 0 Å². The molecule has 0 bridgehead atoms. The van der Waals surface area contributed by atoms with Gasteiger partial charge in [0.2, 0.25) is 0 Å². The summed E-state index contributed by atoms with van der Waals surface area (Å²) in [7, 11) is -3.45. The van der Waals surface area contributed by atoms with Gasteiger partial charge in [0.05, 0.1) is 12.4 Å². The molecule has 1 aliphatic carbocycles. The molecule has 0 radical (unpaired) electrons. The maximum Gasteiger partial charge on any atom is 0.265 e. The molecule has 1 aliphatic rings. The minimum atomic E-state index is -3.45. The Hall–Kier alpha value is -0.170. The summed E-state index contributed by atoms with van der Waals surface area (Å²) in [6.45, 7) is 0. The van der Waals surface area contributed by atoms with E-state index in [1.165, 1.54) is 0 Å². The molecule has 1 fully saturated rings. The number of rotatable bonds is 3. The van der Waals surface area contributed by atoms with Gasteiger partial charge in [0.1, 0.15) is 5.60 Å². The van der Waals surface area contributed by atoms with Gasteiger partial charge in [-0.25, -0.2) is 0 Å². The van der Waals surface area contributed by atoms with Crippen LogP contribution in [0.25, 0.3) is 0 Å². The van der Waals surface area contributed by atoms with Crippen molar-refractivity contribution in [3.05, 3.63) is 0 Å². The van der Waals surface area contributed by atoms with E-state index < -0.39 is 21.9 Å². The first-order valence-electron chi connectivity index (χ1n) is 3.77. The Bertz CT molecular complexity index is 256. The van der Waals surface area contributed by atoms with Gasteiger partial charge in [-0.3, -0.25) is 4.18 Å². The fourth-order valence-corrected chi connectivity index (χ4v) is 2.18. The van der Waals surface area contributed by atoms with E-state index in [4.69, 9.17) is 15.7 Å². The van der Waals surface area contributed by atoms with Crippen LogP contribution in [0.5, 0.6) is 0 Å². The summed E-state index contributed by atoms with van der Waals surface area (Å²) in [5.74, 6) is 0. The van der Waals surface area contributed by atoms with E-state index in [9.17, 15) is 8.42 Å². The maximum absolute atomic E-state index is 10.8. The molecule has 0 aliphatic heterocycles. The van der Waals surface area contributed by atoms with Gasteiger partial charge in [0, 0.05) is 0 Å². The van der Waals surface area contributed by atoms with Gasteiger partial charge in [-0.2, -0.15) is 8.42 Å². The van der Waals surface area contributed by atoms with E-state index in [0.29, 0.717) is 12.8 Å². The highest BCUT2D eigenvalue weighted by molar-refractivity contribution is 7.86. The summed E-state index contributed by atoms with van der Waals surface area (Å²) in [6, 6.07) is 0. The Labute approximate surface area is 72.2 Å². The van der Waals surface area contributed by atoms with Crippen molar-refractivity contribution in [3.63, 3.8) is 0 Å². The van der Waals surface area contributed by atoms with Gasteiger partial charge in [0.15, 0.2) is 0 Å². The van der Waals surface area contributed by atoms with Crippen LogP contribution in [0.15, 0.2) is 0 Å². The lowest BCUT2D eigenvalue weighted by Gasteiger charge is -2.42. The van der Waals surface area contributed by atoms with Crippen molar-refractivity contribution in [2.24, 2.45) is 11.5 Å². The average molecular weight is 194 g/mol. The third-order valence-corrected chi connectivity index (χ3v) is 2.76. The molecule has 12 heavy (non-hydrogen) atoms. The number of hydrogen-bond acceptors (Lipinski definition) is 5. The molecule has 0 unspecified atom stereocenters. The van der Waals surface area contributed by atoms with Crippen molar-refractivity contribution in [2.45, 2.75) is 31.0 Å². The summed E-state index contributed by atoms with van der Waals surface area (Å²) in [5.41, 5.74) is 10.0. The van der Waals surface area contributed by atoms with Crippen LogP contribution < -0.4 is 11.5 Å². The lowest BCUT2D eigenvalue weighted by Crippen LogP contribution is -2.60. The molecule has 0 aromatic carbocycles. The van der Waals surface area contributed by atoms with Crippen LogP contribution in [0.3, 0.4) is 0 Å². The normalized spacial score (nSPS) is 22.3. The molecule has 0 atom stereocenters. The van der Waals surface area contributed by atoms with Crippen LogP contribution >= 0.6 is 0 Å². The molecule has 4 N–H and O–H groups in total. The third kappa shape index (κ3) is 1.95. The van der Waals surface area contributed by atoms with Crippen molar-refractivity contribution in [1.82, 2.24) is 0 Å². The Morgan fingerprint density at radius 1 is 1.42 bits per heavy atom. The molecule has 5 nitrogen and oxygen atoms in total. The molecule has 0 aromatic heterocycles. The highest BCUT2D eigenvalue weighted by Gasteiger charge is 2.45. The average Bonchev–Trinajstić information content (AvgIpc) is 1.75. The predicted octanol–water partition coefficient (Wildman–Crippen LogP) is -0.871. The van der Waals surface area contributed by atoms with Crippen molar-refractivity contribution >= 4 is 10.1 Å². The Balaban J connectivity index is 2.70. The van der Waals surface area contributed by atoms with Crippen molar-refractivity contribution in [2.75, 3.05) is 6.26 Å². The second-order valence-corrected chi connectivity index (χ2v) is 4.81. The first-order valence-corrected chi connectivity index (χ1v) is 5.59. The first-order chi connectivity index (χ1) is 5.36. The molecular weight excluding hydrogens is 180 g/mol. The topological polar surface area (TPSA) is 95.4 Å². The van der Waals surface area contributed by atoms with E-state index >= 15 is 0 Å². The van der Waals surface area contributed by atoms with Crippen molar-refractivity contribution in [1.29, 1.82) is 0 Å². The molecule has 72 valence electrons. The molecule has 1 rings (SSSR count). The quantitative estimate of drug-likeness (QED) is 0.449. The first kappa shape index (κ1) is 9.91. The monoisotopic (exact) mass is 194 g/mol. The van der Waals surface area contributed by atoms with Gasteiger partial charge >= 0.3 is 0 Å². The van der Waals surface area contributed by atoms with Gasteiger partial charge in [-0.15, -0.1) is 0 Å². The smallest absolute Gasteiger partial charge is 0.265 e. The van der Waals surface area contributed by atoms with Crippen LogP contribution in [0.4, 0.5) is 0 Å².